The molecule has 156 valence electrons. The van der Waals surface area contributed by atoms with Gasteiger partial charge in [0.05, 0.1) is 0 Å². The van der Waals surface area contributed by atoms with Crippen LogP contribution in [0, 0.1) is 5.92 Å². The third kappa shape index (κ3) is 5.10. The van der Waals surface area contributed by atoms with Crippen LogP contribution in [0.5, 0.6) is 0 Å². The molecule has 2 aromatic rings. The van der Waals surface area contributed by atoms with Crippen molar-refractivity contribution in [2.75, 3.05) is 45.9 Å². The van der Waals surface area contributed by atoms with Crippen LogP contribution in [0.4, 0.5) is 0 Å². The Balaban J connectivity index is 1.27. The average Bonchev–Trinajstić information content (AvgIpc) is 3.19. The van der Waals surface area contributed by atoms with Crippen molar-refractivity contribution in [3.05, 3.63) is 40.9 Å². The summed E-state index contributed by atoms with van der Waals surface area (Å²) in [5, 5.41) is 8.66. The van der Waals surface area contributed by atoms with Crippen LogP contribution in [0.2, 0.25) is 0 Å². The van der Waals surface area contributed by atoms with E-state index >= 15 is 0 Å². The number of carbonyl (C=O) groups excluding carboxylic acids is 1. The molecule has 9 heteroatoms. The molecule has 4 heterocycles. The molecule has 0 radical (unpaired) electrons. The molecular formula is C20H28N6O3. The monoisotopic (exact) mass is 400 g/mol. The van der Waals surface area contributed by atoms with Gasteiger partial charge in [0.25, 0.3) is 5.56 Å². The maximum absolute atomic E-state index is 12.2. The molecule has 4 rings (SSSR count). The minimum Gasteiger partial charge on any atom is -0.372 e. The number of rotatable bonds is 6. The molecule has 2 aromatic heterocycles. The summed E-state index contributed by atoms with van der Waals surface area (Å²) in [7, 11) is 0. The van der Waals surface area contributed by atoms with E-state index in [1.165, 1.54) is 0 Å². The number of hydrogen-bond donors (Lipinski definition) is 0. The fourth-order valence-corrected chi connectivity index (χ4v) is 3.96. The van der Waals surface area contributed by atoms with E-state index in [0.29, 0.717) is 24.9 Å². The van der Waals surface area contributed by atoms with Gasteiger partial charge in [0, 0.05) is 51.2 Å². The predicted molar refractivity (Wildman–Crippen MR) is 107 cm³/mol. The molecule has 0 atom stereocenters. The van der Waals surface area contributed by atoms with Crippen molar-refractivity contribution in [3.8, 4) is 5.82 Å². The van der Waals surface area contributed by atoms with E-state index in [1.54, 1.807) is 27.7 Å². The highest BCUT2D eigenvalue weighted by Crippen LogP contribution is 2.18. The lowest BCUT2D eigenvalue weighted by molar-refractivity contribution is -0.134. The van der Waals surface area contributed by atoms with E-state index in [-0.39, 0.29) is 18.1 Å². The molecule has 0 aliphatic carbocycles. The summed E-state index contributed by atoms with van der Waals surface area (Å²) >= 11 is 0. The maximum Gasteiger partial charge on any atom is 0.266 e. The van der Waals surface area contributed by atoms with Crippen LogP contribution in [-0.2, 0) is 16.1 Å². The van der Waals surface area contributed by atoms with Gasteiger partial charge in [0.1, 0.15) is 6.61 Å². The predicted octanol–water partition coefficient (Wildman–Crippen LogP) is 0.390. The van der Waals surface area contributed by atoms with Crippen LogP contribution in [0.25, 0.3) is 5.82 Å². The minimum absolute atomic E-state index is 0.0785. The highest BCUT2D eigenvalue weighted by atomic mass is 16.5. The Kier molecular flexibility index (Phi) is 6.36. The van der Waals surface area contributed by atoms with Gasteiger partial charge < -0.3 is 14.5 Å². The number of hydrogen-bond acceptors (Lipinski definition) is 6. The van der Waals surface area contributed by atoms with Crippen molar-refractivity contribution in [3.63, 3.8) is 0 Å². The van der Waals surface area contributed by atoms with E-state index in [9.17, 15) is 9.59 Å². The Labute approximate surface area is 169 Å². The third-order valence-corrected chi connectivity index (χ3v) is 5.71. The first-order valence-corrected chi connectivity index (χ1v) is 10.3. The number of ether oxygens (including phenoxy) is 1. The normalized spacial score (nSPS) is 19.4. The van der Waals surface area contributed by atoms with Crippen molar-refractivity contribution in [1.29, 1.82) is 0 Å². The van der Waals surface area contributed by atoms with Crippen LogP contribution in [0.3, 0.4) is 0 Å². The summed E-state index contributed by atoms with van der Waals surface area (Å²) in [6, 6.07) is 5.09. The third-order valence-electron chi connectivity index (χ3n) is 5.71. The van der Waals surface area contributed by atoms with Gasteiger partial charge >= 0.3 is 0 Å². The second kappa shape index (κ2) is 9.32. The van der Waals surface area contributed by atoms with Gasteiger partial charge in [-0.2, -0.15) is 5.10 Å². The molecule has 29 heavy (non-hydrogen) atoms. The number of likely N-dealkylation sites (tertiary alicyclic amines) is 1. The second-order valence-corrected chi connectivity index (χ2v) is 7.73. The van der Waals surface area contributed by atoms with E-state index in [2.05, 4.69) is 15.1 Å². The van der Waals surface area contributed by atoms with Crippen LogP contribution >= 0.6 is 0 Å². The van der Waals surface area contributed by atoms with Crippen molar-refractivity contribution in [2.45, 2.75) is 25.8 Å². The van der Waals surface area contributed by atoms with E-state index < -0.39 is 0 Å². The molecule has 0 saturated carbocycles. The zero-order valence-corrected chi connectivity index (χ0v) is 16.7. The number of aromatic nitrogens is 4. The summed E-state index contributed by atoms with van der Waals surface area (Å²) in [6.45, 7) is 5.92. The van der Waals surface area contributed by atoms with Gasteiger partial charge in [-0.3, -0.25) is 9.59 Å². The standard InChI is InChI=1S/C20H28N6O3/c27-19-4-3-18(25-9-1-7-21-25)22-26(19)15-17-5-10-23(11-6-17)12-13-24-8-2-14-29-16-20(24)28/h1,3-4,7,9,17H,2,5-6,8,10-16H2. The summed E-state index contributed by atoms with van der Waals surface area (Å²) in [6.07, 6.45) is 6.47. The lowest BCUT2D eigenvalue weighted by Gasteiger charge is -2.33. The van der Waals surface area contributed by atoms with Crippen molar-refractivity contribution in [1.82, 2.24) is 29.4 Å². The smallest absolute Gasteiger partial charge is 0.266 e. The number of amides is 1. The molecule has 2 saturated heterocycles. The fraction of sp³-hybridized carbons (Fsp3) is 0.600. The maximum atomic E-state index is 12.2. The van der Waals surface area contributed by atoms with Gasteiger partial charge in [-0.25, -0.2) is 9.36 Å². The van der Waals surface area contributed by atoms with Crippen LogP contribution in [0.1, 0.15) is 19.3 Å². The summed E-state index contributed by atoms with van der Waals surface area (Å²) in [5.41, 5.74) is -0.0785. The quantitative estimate of drug-likeness (QED) is 0.697. The number of piperidine rings is 1. The molecule has 9 nitrogen and oxygen atoms in total. The number of carbonyl (C=O) groups is 1. The first-order valence-electron chi connectivity index (χ1n) is 10.3. The Bertz CT molecular complexity index is 857. The first-order chi connectivity index (χ1) is 14.2. The number of nitrogens with zero attached hydrogens (tertiary/aromatic N) is 6. The Morgan fingerprint density at radius 2 is 1.97 bits per heavy atom. The Morgan fingerprint density at radius 1 is 1.10 bits per heavy atom. The zero-order chi connectivity index (χ0) is 20.1. The molecule has 0 bridgehead atoms. The summed E-state index contributed by atoms with van der Waals surface area (Å²) < 4.78 is 8.52. The highest BCUT2D eigenvalue weighted by Gasteiger charge is 2.22. The first kappa shape index (κ1) is 19.8. The SMILES string of the molecule is O=C1COCCCN1CCN1CCC(Cn2nc(-n3cccn3)ccc2=O)CC1. The summed E-state index contributed by atoms with van der Waals surface area (Å²) in [4.78, 5) is 28.6. The van der Waals surface area contributed by atoms with Gasteiger partial charge in [-0.05, 0) is 50.4 Å². The molecule has 2 fully saturated rings. The van der Waals surface area contributed by atoms with Crippen molar-refractivity contribution in [2.24, 2.45) is 5.92 Å². The van der Waals surface area contributed by atoms with Gasteiger partial charge in [0.2, 0.25) is 5.91 Å². The van der Waals surface area contributed by atoms with Crippen LogP contribution in [0.15, 0.2) is 35.4 Å². The molecule has 0 spiro atoms. The molecule has 2 aliphatic rings. The van der Waals surface area contributed by atoms with E-state index in [4.69, 9.17) is 4.74 Å². The van der Waals surface area contributed by atoms with Crippen molar-refractivity contribution >= 4 is 5.91 Å². The molecule has 0 aromatic carbocycles. The van der Waals surface area contributed by atoms with E-state index in [1.807, 2.05) is 17.2 Å². The Hall–Kier alpha value is -2.52. The largest absolute Gasteiger partial charge is 0.372 e. The average molecular weight is 400 g/mol. The lowest BCUT2D eigenvalue weighted by Crippen LogP contribution is -2.43. The second-order valence-electron chi connectivity index (χ2n) is 7.73. The molecule has 2 aliphatic heterocycles. The van der Waals surface area contributed by atoms with E-state index in [0.717, 1.165) is 52.0 Å². The van der Waals surface area contributed by atoms with Crippen LogP contribution in [-0.4, -0.2) is 81.2 Å². The van der Waals surface area contributed by atoms with Gasteiger partial charge in [-0.1, -0.05) is 0 Å². The van der Waals surface area contributed by atoms with Crippen molar-refractivity contribution < 1.29 is 9.53 Å². The van der Waals surface area contributed by atoms with Gasteiger partial charge in [0.15, 0.2) is 5.82 Å². The zero-order valence-electron chi connectivity index (χ0n) is 16.7. The molecular weight excluding hydrogens is 372 g/mol. The lowest BCUT2D eigenvalue weighted by atomic mass is 9.97. The topological polar surface area (TPSA) is 85.5 Å². The molecule has 1 amide bonds. The molecule has 0 unspecified atom stereocenters. The Morgan fingerprint density at radius 3 is 2.76 bits per heavy atom. The fourth-order valence-electron chi connectivity index (χ4n) is 3.96. The van der Waals surface area contributed by atoms with Gasteiger partial charge in [-0.15, -0.1) is 5.10 Å². The highest BCUT2D eigenvalue weighted by molar-refractivity contribution is 5.77. The van der Waals surface area contributed by atoms with Crippen LogP contribution < -0.4 is 5.56 Å². The molecule has 0 N–H and O–H groups in total. The summed E-state index contributed by atoms with van der Waals surface area (Å²) in [5.74, 6) is 1.18. The minimum atomic E-state index is -0.0785.